The maximum absolute atomic E-state index is 13.0. The lowest BCUT2D eigenvalue weighted by Gasteiger charge is -2.25. The number of hydrogen-bond acceptors (Lipinski definition) is 6. The fourth-order valence-electron chi connectivity index (χ4n) is 3.82. The third kappa shape index (κ3) is 5.28. The topological polar surface area (TPSA) is 124 Å². The molecule has 174 valence electrons. The number of carboxylic acids is 1. The van der Waals surface area contributed by atoms with Gasteiger partial charge in [-0.15, -0.1) is 0 Å². The number of ketones is 1. The van der Waals surface area contributed by atoms with E-state index in [4.69, 9.17) is 21.4 Å². The molecule has 2 aromatic rings. The summed E-state index contributed by atoms with van der Waals surface area (Å²) in [5.74, 6) is -2.77. The number of carbonyl (C=O) groups excluding carboxylic acids is 2. The minimum atomic E-state index is -0.908. The van der Waals surface area contributed by atoms with E-state index in [0.717, 1.165) is 0 Å². The number of Topliss-reactive ketones (excluding diaryl/α,β-unsaturated/α-hetero) is 1. The molecular weight excluding hydrogens is 450 g/mol. The van der Waals surface area contributed by atoms with Gasteiger partial charge in [-0.3, -0.25) is 14.4 Å². The SMILES string of the molecule is COc1cc(C2/C(=C(/O)c3ccc(Cl)cc3)C(=O)C(=O)N2CCCCCC(=O)O)ccc1O. The molecule has 2 aromatic carbocycles. The number of aliphatic hydroxyl groups is 1. The molecule has 1 aliphatic rings. The summed E-state index contributed by atoms with van der Waals surface area (Å²) in [6.45, 7) is 0.190. The molecule has 1 atom stereocenters. The second-order valence-electron chi connectivity index (χ2n) is 7.64. The van der Waals surface area contributed by atoms with Crippen molar-refractivity contribution >= 4 is 35.0 Å². The number of hydrogen-bond donors (Lipinski definition) is 3. The first-order valence-electron chi connectivity index (χ1n) is 10.4. The molecule has 0 spiro atoms. The Labute approximate surface area is 195 Å². The Kier molecular flexibility index (Phi) is 7.60. The average molecular weight is 474 g/mol. The van der Waals surface area contributed by atoms with Crippen molar-refractivity contribution in [1.82, 2.24) is 4.90 Å². The molecule has 1 unspecified atom stereocenters. The minimum absolute atomic E-state index is 0.0218. The van der Waals surface area contributed by atoms with Gasteiger partial charge in [-0.05, 0) is 54.8 Å². The van der Waals surface area contributed by atoms with Gasteiger partial charge in [0.15, 0.2) is 11.5 Å². The monoisotopic (exact) mass is 473 g/mol. The fraction of sp³-hybridized carbons (Fsp3) is 0.292. The number of methoxy groups -OCH3 is 1. The molecule has 3 N–H and O–H groups in total. The van der Waals surface area contributed by atoms with E-state index in [0.29, 0.717) is 35.4 Å². The van der Waals surface area contributed by atoms with Crippen molar-refractivity contribution in [2.24, 2.45) is 0 Å². The van der Waals surface area contributed by atoms with E-state index in [1.165, 1.54) is 24.1 Å². The normalized spacial score (nSPS) is 17.4. The lowest BCUT2D eigenvalue weighted by Crippen LogP contribution is -2.30. The van der Waals surface area contributed by atoms with Crippen LogP contribution in [0.4, 0.5) is 0 Å². The van der Waals surface area contributed by atoms with Crippen LogP contribution in [0.3, 0.4) is 0 Å². The van der Waals surface area contributed by atoms with Crippen LogP contribution >= 0.6 is 11.6 Å². The van der Waals surface area contributed by atoms with Gasteiger partial charge < -0.3 is 25.0 Å². The maximum Gasteiger partial charge on any atom is 0.303 e. The van der Waals surface area contributed by atoms with Gasteiger partial charge in [0.25, 0.3) is 11.7 Å². The van der Waals surface area contributed by atoms with E-state index < -0.39 is 23.7 Å². The Balaban J connectivity index is 2.02. The molecule has 0 radical (unpaired) electrons. The summed E-state index contributed by atoms with van der Waals surface area (Å²) in [6.07, 6.45) is 1.50. The van der Waals surface area contributed by atoms with Crippen LogP contribution in [0.25, 0.3) is 5.76 Å². The maximum atomic E-state index is 13.0. The molecule has 0 aromatic heterocycles. The lowest BCUT2D eigenvalue weighted by atomic mass is 9.95. The van der Waals surface area contributed by atoms with Crippen molar-refractivity contribution in [1.29, 1.82) is 0 Å². The molecule has 9 heteroatoms. The van der Waals surface area contributed by atoms with Gasteiger partial charge in [-0.25, -0.2) is 0 Å². The smallest absolute Gasteiger partial charge is 0.303 e. The number of ether oxygens (including phenoxy) is 1. The van der Waals surface area contributed by atoms with E-state index in [9.17, 15) is 24.6 Å². The molecular formula is C24H24ClNO7. The minimum Gasteiger partial charge on any atom is -0.507 e. The zero-order valence-electron chi connectivity index (χ0n) is 18.0. The summed E-state index contributed by atoms with van der Waals surface area (Å²) in [4.78, 5) is 38.0. The van der Waals surface area contributed by atoms with Crippen molar-refractivity contribution < 1.29 is 34.4 Å². The number of carbonyl (C=O) groups is 3. The van der Waals surface area contributed by atoms with Crippen LogP contribution in [0.5, 0.6) is 11.5 Å². The molecule has 0 aliphatic carbocycles. The number of rotatable bonds is 9. The first-order valence-corrected chi connectivity index (χ1v) is 10.8. The van der Waals surface area contributed by atoms with Crippen molar-refractivity contribution in [3.05, 3.63) is 64.2 Å². The highest BCUT2D eigenvalue weighted by Crippen LogP contribution is 2.42. The standard InChI is InChI=1S/C24H24ClNO7/c1-33-18-13-15(8-11-17(18)27)21-20(22(30)14-6-9-16(25)10-7-14)23(31)24(32)26(21)12-4-2-3-5-19(28)29/h6-11,13,21,27,30H,2-5,12H2,1H3,(H,28,29)/b22-20-. The number of halogens is 1. The van der Waals surface area contributed by atoms with Crippen molar-refractivity contribution in [3.63, 3.8) is 0 Å². The Bertz CT molecular complexity index is 1090. The highest BCUT2D eigenvalue weighted by atomic mass is 35.5. The molecule has 33 heavy (non-hydrogen) atoms. The zero-order valence-corrected chi connectivity index (χ0v) is 18.7. The lowest BCUT2D eigenvalue weighted by molar-refractivity contribution is -0.140. The van der Waals surface area contributed by atoms with Gasteiger partial charge in [0.2, 0.25) is 0 Å². The van der Waals surface area contributed by atoms with E-state index in [1.54, 1.807) is 30.3 Å². The van der Waals surface area contributed by atoms with E-state index in [1.807, 2.05) is 0 Å². The second-order valence-corrected chi connectivity index (χ2v) is 8.07. The summed E-state index contributed by atoms with van der Waals surface area (Å²) in [6, 6.07) is 9.77. The van der Waals surface area contributed by atoms with Crippen LogP contribution in [0.1, 0.15) is 42.9 Å². The molecule has 0 bridgehead atoms. The van der Waals surface area contributed by atoms with Crippen molar-refractivity contribution in [2.75, 3.05) is 13.7 Å². The third-order valence-electron chi connectivity index (χ3n) is 5.47. The molecule has 8 nitrogen and oxygen atoms in total. The van der Waals surface area contributed by atoms with Gasteiger partial charge >= 0.3 is 5.97 Å². The second kappa shape index (κ2) is 10.4. The largest absolute Gasteiger partial charge is 0.507 e. The van der Waals surface area contributed by atoms with Crippen LogP contribution in [0, 0.1) is 0 Å². The number of benzene rings is 2. The first-order chi connectivity index (χ1) is 15.7. The number of nitrogens with zero attached hydrogens (tertiary/aromatic N) is 1. The summed E-state index contributed by atoms with van der Waals surface area (Å²) >= 11 is 5.92. The summed E-state index contributed by atoms with van der Waals surface area (Å²) in [5, 5.41) is 30.2. The highest BCUT2D eigenvalue weighted by Gasteiger charge is 2.46. The summed E-state index contributed by atoms with van der Waals surface area (Å²) in [7, 11) is 1.38. The molecule has 1 fully saturated rings. The van der Waals surface area contributed by atoms with Crippen LogP contribution in [-0.2, 0) is 14.4 Å². The number of unbranched alkanes of at least 4 members (excludes halogenated alkanes) is 2. The predicted molar refractivity (Wildman–Crippen MR) is 121 cm³/mol. The number of amides is 1. The predicted octanol–water partition coefficient (Wildman–Crippen LogP) is 4.12. The van der Waals surface area contributed by atoms with Crippen LogP contribution in [0.2, 0.25) is 5.02 Å². The summed E-state index contributed by atoms with van der Waals surface area (Å²) in [5.41, 5.74) is 0.722. The molecule has 3 rings (SSSR count). The summed E-state index contributed by atoms with van der Waals surface area (Å²) < 4.78 is 5.18. The van der Waals surface area contributed by atoms with Crippen LogP contribution < -0.4 is 4.74 Å². The number of phenols is 1. The Morgan fingerprint density at radius 1 is 1.06 bits per heavy atom. The van der Waals surface area contributed by atoms with Gasteiger partial charge in [0, 0.05) is 23.6 Å². The van der Waals surface area contributed by atoms with Gasteiger partial charge in [-0.2, -0.15) is 0 Å². The highest BCUT2D eigenvalue weighted by molar-refractivity contribution is 6.46. The van der Waals surface area contributed by atoms with Gasteiger partial charge in [0.05, 0.1) is 18.7 Å². The van der Waals surface area contributed by atoms with Crippen molar-refractivity contribution in [2.45, 2.75) is 31.7 Å². The fourth-order valence-corrected chi connectivity index (χ4v) is 3.95. The zero-order chi connectivity index (χ0) is 24.1. The average Bonchev–Trinajstić information content (AvgIpc) is 3.04. The van der Waals surface area contributed by atoms with Crippen LogP contribution in [0.15, 0.2) is 48.0 Å². The molecule has 1 saturated heterocycles. The van der Waals surface area contributed by atoms with Crippen molar-refractivity contribution in [3.8, 4) is 11.5 Å². The molecule has 1 heterocycles. The molecule has 1 amide bonds. The Morgan fingerprint density at radius 2 is 1.76 bits per heavy atom. The Morgan fingerprint density at radius 3 is 2.39 bits per heavy atom. The quantitative estimate of drug-likeness (QED) is 0.216. The molecule has 1 aliphatic heterocycles. The number of phenolic OH excluding ortho intramolecular Hbond substituents is 1. The number of likely N-dealkylation sites (tertiary alicyclic amines) is 1. The third-order valence-corrected chi connectivity index (χ3v) is 5.72. The molecule has 0 saturated carbocycles. The number of aliphatic hydroxyl groups excluding tert-OH is 1. The first kappa shape index (κ1) is 24.1. The van der Waals surface area contributed by atoms with E-state index in [2.05, 4.69) is 0 Å². The number of aliphatic carboxylic acids is 1. The van der Waals surface area contributed by atoms with E-state index >= 15 is 0 Å². The van der Waals surface area contributed by atoms with Gasteiger partial charge in [-0.1, -0.05) is 24.1 Å². The van der Waals surface area contributed by atoms with Gasteiger partial charge in [0.1, 0.15) is 5.76 Å². The number of aromatic hydroxyl groups is 1. The van der Waals surface area contributed by atoms with E-state index in [-0.39, 0.29) is 35.8 Å². The van der Waals surface area contributed by atoms with Crippen LogP contribution in [-0.4, -0.2) is 51.5 Å². The Hall–Kier alpha value is -3.52. The number of carboxylic acid groups (broad SMARTS) is 1.